The molecule has 0 radical (unpaired) electrons. The van der Waals surface area contributed by atoms with Crippen molar-refractivity contribution < 1.29 is 17.8 Å². The molecule has 0 aromatic heterocycles. The van der Waals surface area contributed by atoms with Gasteiger partial charge in [-0.1, -0.05) is 18.2 Å². The maximum atomic E-state index is 11.2. The van der Waals surface area contributed by atoms with Crippen LogP contribution in [0.2, 0.25) is 0 Å². The van der Waals surface area contributed by atoms with Gasteiger partial charge in [0.05, 0.1) is 4.90 Å². The Hall–Kier alpha value is -1.92. The second-order valence-corrected chi connectivity index (χ2v) is 4.95. The zero-order chi connectivity index (χ0) is 12.6. The minimum Gasteiger partial charge on any atom is -0.366 e. The van der Waals surface area contributed by atoms with Crippen molar-refractivity contribution in [2.24, 2.45) is 5.73 Å². The average Bonchev–Trinajstić information content (AvgIpc) is 2.26. The number of amides is 1. The van der Waals surface area contributed by atoms with E-state index >= 15 is 0 Å². The number of benzene rings is 2. The molecule has 2 aromatic rings. The summed E-state index contributed by atoms with van der Waals surface area (Å²) in [7, 11) is -4.29. The van der Waals surface area contributed by atoms with E-state index in [1.807, 2.05) is 0 Å². The van der Waals surface area contributed by atoms with Crippen molar-refractivity contribution in [1.29, 1.82) is 0 Å². The predicted octanol–water partition coefficient (Wildman–Crippen LogP) is 1.19. The van der Waals surface area contributed by atoms with Crippen LogP contribution < -0.4 is 5.73 Å². The van der Waals surface area contributed by atoms with Crippen molar-refractivity contribution in [2.75, 3.05) is 0 Å². The monoisotopic (exact) mass is 251 g/mol. The van der Waals surface area contributed by atoms with E-state index in [0.717, 1.165) is 0 Å². The molecule has 0 bridgehead atoms. The van der Waals surface area contributed by atoms with Gasteiger partial charge in [0, 0.05) is 5.56 Å². The number of primary amides is 1. The largest absolute Gasteiger partial charge is 0.366 e. The van der Waals surface area contributed by atoms with Gasteiger partial charge < -0.3 is 5.73 Å². The Morgan fingerprint density at radius 3 is 2.47 bits per heavy atom. The quantitative estimate of drug-likeness (QED) is 0.783. The first kappa shape index (κ1) is 11.6. The summed E-state index contributed by atoms with van der Waals surface area (Å²) in [4.78, 5) is 10.9. The molecule has 2 aromatic carbocycles. The SMILES string of the molecule is NC(=O)c1cccc2ccc(S(=O)(=O)O)cc12. The summed E-state index contributed by atoms with van der Waals surface area (Å²) < 4.78 is 30.9. The summed E-state index contributed by atoms with van der Waals surface area (Å²) in [5.74, 6) is -0.650. The van der Waals surface area contributed by atoms with Gasteiger partial charge in [0.15, 0.2) is 0 Å². The Kier molecular flexibility index (Phi) is 2.60. The summed E-state index contributed by atoms with van der Waals surface area (Å²) in [5.41, 5.74) is 5.40. The van der Waals surface area contributed by atoms with E-state index in [4.69, 9.17) is 10.3 Å². The third kappa shape index (κ3) is 2.13. The van der Waals surface area contributed by atoms with Crippen molar-refractivity contribution in [1.82, 2.24) is 0 Å². The molecule has 88 valence electrons. The van der Waals surface area contributed by atoms with Gasteiger partial charge in [-0.25, -0.2) is 0 Å². The van der Waals surface area contributed by atoms with Crippen LogP contribution >= 0.6 is 0 Å². The van der Waals surface area contributed by atoms with E-state index < -0.39 is 16.0 Å². The zero-order valence-corrected chi connectivity index (χ0v) is 9.44. The first-order chi connectivity index (χ1) is 7.89. The van der Waals surface area contributed by atoms with E-state index in [1.165, 1.54) is 24.3 Å². The predicted molar refractivity (Wildman–Crippen MR) is 62.3 cm³/mol. The van der Waals surface area contributed by atoms with Crippen molar-refractivity contribution in [3.8, 4) is 0 Å². The molecule has 0 spiro atoms. The van der Waals surface area contributed by atoms with Crippen molar-refractivity contribution >= 4 is 26.8 Å². The lowest BCUT2D eigenvalue weighted by atomic mass is 10.0. The number of hydrogen-bond donors (Lipinski definition) is 2. The molecule has 0 aliphatic rings. The van der Waals surface area contributed by atoms with Crippen LogP contribution in [0.4, 0.5) is 0 Å². The summed E-state index contributed by atoms with van der Waals surface area (Å²) in [6.45, 7) is 0. The van der Waals surface area contributed by atoms with Crippen molar-refractivity contribution in [3.63, 3.8) is 0 Å². The highest BCUT2D eigenvalue weighted by Crippen LogP contribution is 2.22. The number of carbonyl (C=O) groups is 1. The summed E-state index contributed by atoms with van der Waals surface area (Å²) in [5, 5.41) is 1.07. The van der Waals surface area contributed by atoms with Crippen LogP contribution in [0.3, 0.4) is 0 Å². The van der Waals surface area contributed by atoms with Crippen LogP contribution in [-0.2, 0) is 10.1 Å². The Bertz CT molecular complexity index is 706. The minimum absolute atomic E-state index is 0.216. The highest BCUT2D eigenvalue weighted by atomic mass is 32.2. The topological polar surface area (TPSA) is 97.5 Å². The Labute approximate surface area is 97.6 Å². The molecule has 6 heteroatoms. The molecule has 3 N–H and O–H groups in total. The highest BCUT2D eigenvalue weighted by Gasteiger charge is 2.12. The second kappa shape index (κ2) is 3.83. The lowest BCUT2D eigenvalue weighted by Gasteiger charge is -2.04. The fraction of sp³-hybridized carbons (Fsp3) is 0. The van der Waals surface area contributed by atoms with Crippen LogP contribution in [0.25, 0.3) is 10.8 Å². The first-order valence-corrected chi connectivity index (χ1v) is 6.13. The normalized spacial score (nSPS) is 11.6. The van der Waals surface area contributed by atoms with E-state index in [0.29, 0.717) is 10.8 Å². The molecule has 0 saturated carbocycles. The number of rotatable bonds is 2. The standard InChI is InChI=1S/C11H9NO4S/c12-11(13)9-3-1-2-7-4-5-8(6-10(7)9)17(14,15)16/h1-6H,(H2,12,13)(H,14,15,16). The van der Waals surface area contributed by atoms with Gasteiger partial charge in [-0.3, -0.25) is 9.35 Å². The number of hydrogen-bond acceptors (Lipinski definition) is 3. The molecular weight excluding hydrogens is 242 g/mol. The smallest absolute Gasteiger partial charge is 0.294 e. The van der Waals surface area contributed by atoms with E-state index in [-0.39, 0.29) is 10.5 Å². The van der Waals surface area contributed by atoms with Crippen molar-refractivity contribution in [3.05, 3.63) is 42.0 Å². The van der Waals surface area contributed by atoms with Gasteiger partial charge in [0.2, 0.25) is 5.91 Å². The fourth-order valence-corrected chi connectivity index (χ4v) is 2.13. The minimum atomic E-state index is -4.29. The second-order valence-electron chi connectivity index (χ2n) is 3.53. The highest BCUT2D eigenvalue weighted by molar-refractivity contribution is 7.85. The molecule has 2 rings (SSSR count). The molecule has 5 nitrogen and oxygen atoms in total. The third-order valence-electron chi connectivity index (χ3n) is 2.42. The molecule has 1 amide bonds. The lowest BCUT2D eigenvalue weighted by molar-refractivity contribution is 0.100. The molecule has 0 unspecified atom stereocenters. The third-order valence-corrected chi connectivity index (χ3v) is 3.27. The summed E-state index contributed by atoms with van der Waals surface area (Å²) >= 11 is 0. The van der Waals surface area contributed by atoms with E-state index in [9.17, 15) is 13.2 Å². The van der Waals surface area contributed by atoms with Crippen LogP contribution in [0.5, 0.6) is 0 Å². The van der Waals surface area contributed by atoms with Gasteiger partial charge in [0.25, 0.3) is 10.1 Å². The fourth-order valence-electron chi connectivity index (χ4n) is 1.63. The maximum absolute atomic E-state index is 11.2. The van der Waals surface area contributed by atoms with Crippen molar-refractivity contribution in [2.45, 2.75) is 4.90 Å². The molecule has 0 aliphatic heterocycles. The van der Waals surface area contributed by atoms with Crippen LogP contribution in [-0.4, -0.2) is 18.9 Å². The van der Waals surface area contributed by atoms with Crippen LogP contribution in [0.15, 0.2) is 41.3 Å². The number of nitrogens with two attached hydrogens (primary N) is 1. The molecule has 0 heterocycles. The van der Waals surface area contributed by atoms with E-state index in [2.05, 4.69) is 0 Å². The molecule has 0 saturated heterocycles. The van der Waals surface area contributed by atoms with Gasteiger partial charge in [-0.15, -0.1) is 0 Å². The average molecular weight is 251 g/mol. The maximum Gasteiger partial charge on any atom is 0.294 e. The van der Waals surface area contributed by atoms with Gasteiger partial charge >= 0.3 is 0 Å². The van der Waals surface area contributed by atoms with E-state index in [1.54, 1.807) is 12.1 Å². The van der Waals surface area contributed by atoms with Crippen LogP contribution in [0.1, 0.15) is 10.4 Å². The van der Waals surface area contributed by atoms with Crippen LogP contribution in [0, 0.1) is 0 Å². The lowest BCUT2D eigenvalue weighted by Crippen LogP contribution is -2.11. The molecule has 0 atom stereocenters. The summed E-state index contributed by atoms with van der Waals surface area (Å²) in [6, 6.07) is 8.86. The van der Waals surface area contributed by atoms with Gasteiger partial charge in [0.1, 0.15) is 0 Å². The molecule has 17 heavy (non-hydrogen) atoms. The molecule has 0 aliphatic carbocycles. The van der Waals surface area contributed by atoms with Gasteiger partial charge in [-0.05, 0) is 29.0 Å². The first-order valence-electron chi connectivity index (χ1n) is 4.69. The Balaban J connectivity index is 2.84. The molecule has 0 fully saturated rings. The van der Waals surface area contributed by atoms with Gasteiger partial charge in [-0.2, -0.15) is 8.42 Å². The zero-order valence-electron chi connectivity index (χ0n) is 8.62. The number of carbonyl (C=O) groups excluding carboxylic acids is 1. The Morgan fingerprint density at radius 2 is 1.88 bits per heavy atom. The molecular formula is C11H9NO4S. The number of fused-ring (bicyclic) bond motifs is 1. The Morgan fingerprint density at radius 1 is 1.18 bits per heavy atom. The summed E-state index contributed by atoms with van der Waals surface area (Å²) in [6.07, 6.45) is 0.